The quantitative estimate of drug-likeness (QED) is 0.413. The summed E-state index contributed by atoms with van der Waals surface area (Å²) in [6.45, 7) is 2.56. The molecule has 4 nitrogen and oxygen atoms in total. The maximum atomic E-state index is 12.1. The molecule has 144 valence electrons. The van der Waals surface area contributed by atoms with Crippen LogP contribution in [0.1, 0.15) is 22.3 Å². The first-order valence-corrected chi connectivity index (χ1v) is 9.51. The third-order valence-corrected chi connectivity index (χ3v) is 4.67. The van der Waals surface area contributed by atoms with Crippen LogP contribution in [0.3, 0.4) is 0 Å². The molecule has 0 N–H and O–H groups in total. The lowest BCUT2D eigenvalue weighted by Gasteiger charge is -2.07. The highest BCUT2D eigenvalue weighted by molar-refractivity contribution is 6.30. The maximum absolute atomic E-state index is 12.1. The first kappa shape index (κ1) is 19.0. The predicted molar refractivity (Wildman–Crippen MR) is 114 cm³/mol. The molecule has 0 aromatic heterocycles. The van der Waals surface area contributed by atoms with E-state index in [1.54, 1.807) is 30.3 Å². The van der Waals surface area contributed by atoms with E-state index in [0.717, 1.165) is 16.9 Å². The van der Waals surface area contributed by atoms with Gasteiger partial charge in [-0.05, 0) is 60.5 Å². The molecule has 0 amide bonds. The molecule has 0 saturated heterocycles. The lowest BCUT2D eigenvalue weighted by molar-refractivity contribution is -0.129. The number of esters is 1. The SMILES string of the molecule is Cc1ccc(COc2ccc(C=C3N=C(c4ccc(Cl)cc4)OC3=O)cc2)cc1. The van der Waals surface area contributed by atoms with E-state index < -0.39 is 5.97 Å². The van der Waals surface area contributed by atoms with Crippen LogP contribution in [-0.2, 0) is 16.1 Å². The van der Waals surface area contributed by atoms with E-state index in [-0.39, 0.29) is 11.6 Å². The summed E-state index contributed by atoms with van der Waals surface area (Å²) in [5, 5.41) is 0.610. The number of benzene rings is 3. The van der Waals surface area contributed by atoms with Crippen molar-refractivity contribution in [2.24, 2.45) is 4.99 Å². The number of aliphatic imine (C=N–C) groups is 1. The van der Waals surface area contributed by atoms with Crippen molar-refractivity contribution in [3.63, 3.8) is 0 Å². The molecule has 0 atom stereocenters. The summed E-state index contributed by atoms with van der Waals surface area (Å²) < 4.78 is 11.1. The van der Waals surface area contributed by atoms with Crippen molar-refractivity contribution >= 4 is 29.5 Å². The Kier molecular flexibility index (Phi) is 5.45. The highest BCUT2D eigenvalue weighted by Gasteiger charge is 2.24. The molecule has 0 unspecified atom stereocenters. The molecule has 0 spiro atoms. The molecule has 0 saturated carbocycles. The standard InChI is InChI=1S/C24H18ClNO3/c1-16-2-4-18(5-3-16)15-28-21-12-6-17(7-13-21)14-22-24(27)29-23(26-22)19-8-10-20(25)11-9-19/h2-14H,15H2,1H3. The lowest BCUT2D eigenvalue weighted by Crippen LogP contribution is -2.05. The third-order valence-electron chi connectivity index (χ3n) is 4.42. The van der Waals surface area contributed by atoms with E-state index in [9.17, 15) is 4.79 Å². The summed E-state index contributed by atoms with van der Waals surface area (Å²) in [7, 11) is 0. The van der Waals surface area contributed by atoms with Crippen LogP contribution in [0.25, 0.3) is 6.08 Å². The van der Waals surface area contributed by atoms with Gasteiger partial charge in [0, 0.05) is 10.6 Å². The van der Waals surface area contributed by atoms with Gasteiger partial charge in [-0.3, -0.25) is 0 Å². The fourth-order valence-corrected chi connectivity index (χ4v) is 2.92. The minimum atomic E-state index is -0.477. The van der Waals surface area contributed by atoms with Crippen molar-refractivity contribution in [1.82, 2.24) is 0 Å². The highest BCUT2D eigenvalue weighted by atomic mass is 35.5. The summed E-state index contributed by atoms with van der Waals surface area (Å²) in [6, 6.07) is 22.7. The molecule has 0 aliphatic carbocycles. The molecular weight excluding hydrogens is 386 g/mol. The van der Waals surface area contributed by atoms with Crippen LogP contribution in [-0.4, -0.2) is 11.9 Å². The Bertz CT molecular complexity index is 1080. The summed E-state index contributed by atoms with van der Waals surface area (Å²) in [5.74, 6) is 0.553. The number of hydrogen-bond donors (Lipinski definition) is 0. The lowest BCUT2D eigenvalue weighted by atomic mass is 10.1. The van der Waals surface area contributed by atoms with Crippen LogP contribution in [0.5, 0.6) is 5.75 Å². The largest absolute Gasteiger partial charge is 0.489 e. The Morgan fingerprint density at radius 3 is 2.34 bits per heavy atom. The van der Waals surface area contributed by atoms with E-state index >= 15 is 0 Å². The number of carbonyl (C=O) groups is 1. The molecular formula is C24H18ClNO3. The summed E-state index contributed by atoms with van der Waals surface area (Å²) in [4.78, 5) is 16.4. The molecule has 0 bridgehead atoms. The Morgan fingerprint density at radius 2 is 1.66 bits per heavy atom. The normalized spacial score (nSPS) is 14.6. The average molecular weight is 404 g/mol. The molecule has 1 heterocycles. The van der Waals surface area contributed by atoms with Gasteiger partial charge in [0.25, 0.3) is 0 Å². The molecule has 5 heteroatoms. The van der Waals surface area contributed by atoms with Gasteiger partial charge in [-0.25, -0.2) is 9.79 Å². The predicted octanol–water partition coefficient (Wildman–Crippen LogP) is 5.57. The van der Waals surface area contributed by atoms with Gasteiger partial charge >= 0.3 is 5.97 Å². The Labute approximate surface area is 174 Å². The fraction of sp³-hybridized carbons (Fsp3) is 0.0833. The zero-order valence-electron chi connectivity index (χ0n) is 15.8. The van der Waals surface area contributed by atoms with Gasteiger partial charge in [0.15, 0.2) is 5.70 Å². The number of hydrogen-bond acceptors (Lipinski definition) is 4. The van der Waals surface area contributed by atoms with Gasteiger partial charge in [-0.1, -0.05) is 53.6 Å². The van der Waals surface area contributed by atoms with Gasteiger partial charge in [0.2, 0.25) is 5.90 Å². The van der Waals surface area contributed by atoms with E-state index in [2.05, 4.69) is 36.2 Å². The minimum absolute atomic E-state index is 0.253. The second-order valence-electron chi connectivity index (χ2n) is 6.69. The van der Waals surface area contributed by atoms with E-state index in [4.69, 9.17) is 21.1 Å². The number of nitrogens with zero attached hydrogens (tertiary/aromatic N) is 1. The molecule has 1 aliphatic rings. The molecule has 3 aromatic carbocycles. The zero-order valence-corrected chi connectivity index (χ0v) is 16.5. The topological polar surface area (TPSA) is 47.9 Å². The van der Waals surface area contributed by atoms with Gasteiger partial charge in [0.05, 0.1) is 0 Å². The van der Waals surface area contributed by atoms with Gasteiger partial charge in [0.1, 0.15) is 12.4 Å². The van der Waals surface area contributed by atoms with Crippen LogP contribution in [0.4, 0.5) is 0 Å². The van der Waals surface area contributed by atoms with E-state index in [1.807, 2.05) is 24.3 Å². The van der Waals surface area contributed by atoms with Crippen LogP contribution >= 0.6 is 11.6 Å². The van der Waals surface area contributed by atoms with Gasteiger partial charge in [-0.15, -0.1) is 0 Å². The molecule has 0 fully saturated rings. The van der Waals surface area contributed by atoms with Gasteiger partial charge < -0.3 is 9.47 Å². The number of halogens is 1. The Morgan fingerprint density at radius 1 is 0.966 bits per heavy atom. The summed E-state index contributed by atoms with van der Waals surface area (Å²) in [5.41, 5.74) is 4.12. The summed E-state index contributed by atoms with van der Waals surface area (Å²) >= 11 is 5.89. The van der Waals surface area contributed by atoms with Crippen molar-refractivity contribution < 1.29 is 14.3 Å². The zero-order chi connectivity index (χ0) is 20.2. The fourth-order valence-electron chi connectivity index (χ4n) is 2.79. The van der Waals surface area contributed by atoms with E-state index in [1.165, 1.54) is 5.56 Å². The molecule has 4 rings (SSSR count). The van der Waals surface area contributed by atoms with Crippen LogP contribution in [0.15, 0.2) is 83.5 Å². The van der Waals surface area contributed by atoms with Crippen molar-refractivity contribution in [2.45, 2.75) is 13.5 Å². The first-order valence-electron chi connectivity index (χ1n) is 9.14. The third kappa shape index (κ3) is 4.73. The number of aryl methyl sites for hydroxylation is 1. The van der Waals surface area contributed by atoms with Crippen LogP contribution in [0.2, 0.25) is 5.02 Å². The maximum Gasteiger partial charge on any atom is 0.363 e. The van der Waals surface area contributed by atoms with Crippen molar-refractivity contribution in [1.29, 1.82) is 0 Å². The summed E-state index contributed by atoms with van der Waals surface area (Å²) in [6.07, 6.45) is 1.69. The smallest absolute Gasteiger partial charge is 0.363 e. The Hall–Kier alpha value is -3.37. The molecule has 0 radical (unpaired) electrons. The molecule has 1 aliphatic heterocycles. The Balaban J connectivity index is 1.44. The van der Waals surface area contributed by atoms with Crippen molar-refractivity contribution in [3.05, 3.63) is 106 Å². The van der Waals surface area contributed by atoms with Crippen molar-refractivity contribution in [2.75, 3.05) is 0 Å². The van der Waals surface area contributed by atoms with E-state index in [0.29, 0.717) is 17.2 Å². The van der Waals surface area contributed by atoms with Crippen LogP contribution < -0.4 is 4.74 Å². The van der Waals surface area contributed by atoms with Gasteiger partial charge in [-0.2, -0.15) is 0 Å². The van der Waals surface area contributed by atoms with Crippen molar-refractivity contribution in [3.8, 4) is 5.75 Å². The second kappa shape index (κ2) is 8.33. The number of cyclic esters (lactones) is 1. The minimum Gasteiger partial charge on any atom is -0.489 e. The second-order valence-corrected chi connectivity index (χ2v) is 7.12. The highest BCUT2D eigenvalue weighted by Crippen LogP contribution is 2.22. The first-order chi connectivity index (χ1) is 14.1. The van der Waals surface area contributed by atoms with Crippen LogP contribution in [0, 0.1) is 6.92 Å². The molecule has 3 aromatic rings. The average Bonchev–Trinajstić information content (AvgIpc) is 3.09. The number of carbonyl (C=O) groups excluding carboxylic acids is 1. The number of ether oxygens (including phenoxy) is 2. The molecule has 29 heavy (non-hydrogen) atoms. The monoisotopic (exact) mass is 403 g/mol. The number of rotatable bonds is 5.